The molecule has 4 aromatic rings. The first-order valence-corrected chi connectivity index (χ1v) is 13.4. The third-order valence-electron chi connectivity index (χ3n) is 5.63. The average molecular weight is 581 g/mol. The topological polar surface area (TPSA) is 136 Å². The Balaban J connectivity index is 1.76. The van der Waals surface area contributed by atoms with E-state index in [1.165, 1.54) is 37.4 Å². The van der Waals surface area contributed by atoms with Gasteiger partial charge in [0.2, 0.25) is 5.43 Å². The Hall–Kier alpha value is -3.31. The maximum Gasteiger partial charge on any atom is 0.263 e. The summed E-state index contributed by atoms with van der Waals surface area (Å²) in [5, 5.41) is 2.75. The first-order valence-electron chi connectivity index (χ1n) is 10.8. The van der Waals surface area contributed by atoms with E-state index in [1.807, 2.05) is 6.92 Å². The van der Waals surface area contributed by atoms with Crippen molar-refractivity contribution in [1.29, 1.82) is 0 Å². The van der Waals surface area contributed by atoms with E-state index in [4.69, 9.17) is 40.5 Å². The Kier molecular flexibility index (Phi) is 7.38. The van der Waals surface area contributed by atoms with Crippen molar-refractivity contribution in [3.8, 4) is 11.3 Å². The zero-order valence-corrected chi connectivity index (χ0v) is 22.6. The van der Waals surface area contributed by atoms with E-state index in [9.17, 15) is 18.0 Å². The standard InChI is InChI=1S/C24H20Cl3N5O4S/c1-3-32-22(28)19(24(34)29-2)21(33)13-8-10-16(30-23(13)32)12-7-9-17(15(26)11-12)31-37(35,36)18-6-4-5-14(25)20(18)27/h4-11,31H,3,28H2,1-2H3,(H,29,34). The highest BCUT2D eigenvalue weighted by molar-refractivity contribution is 7.92. The minimum Gasteiger partial charge on any atom is -0.384 e. The number of nitrogens with one attached hydrogen (secondary N) is 2. The second kappa shape index (κ2) is 10.2. The number of benzene rings is 2. The molecule has 4 N–H and O–H groups in total. The van der Waals surface area contributed by atoms with Crippen molar-refractivity contribution < 1.29 is 13.2 Å². The van der Waals surface area contributed by atoms with Crippen molar-refractivity contribution in [3.63, 3.8) is 0 Å². The summed E-state index contributed by atoms with van der Waals surface area (Å²) in [6.07, 6.45) is 0. The van der Waals surface area contributed by atoms with E-state index in [-0.39, 0.29) is 42.4 Å². The van der Waals surface area contributed by atoms with Gasteiger partial charge in [-0.25, -0.2) is 13.4 Å². The van der Waals surface area contributed by atoms with Gasteiger partial charge in [0, 0.05) is 19.2 Å². The van der Waals surface area contributed by atoms with Gasteiger partial charge in [-0.3, -0.25) is 14.3 Å². The van der Waals surface area contributed by atoms with Crippen LogP contribution in [-0.2, 0) is 16.6 Å². The average Bonchev–Trinajstić information content (AvgIpc) is 2.86. The molecule has 9 nitrogen and oxygen atoms in total. The van der Waals surface area contributed by atoms with Crippen LogP contribution in [0.15, 0.2) is 58.2 Å². The molecule has 0 fully saturated rings. The predicted molar refractivity (Wildman–Crippen MR) is 147 cm³/mol. The van der Waals surface area contributed by atoms with Crippen molar-refractivity contribution in [2.75, 3.05) is 17.5 Å². The maximum absolute atomic E-state index is 13.0. The molecule has 0 aliphatic heterocycles. The van der Waals surface area contributed by atoms with Gasteiger partial charge in [-0.05, 0) is 43.3 Å². The lowest BCUT2D eigenvalue weighted by Crippen LogP contribution is -2.30. The van der Waals surface area contributed by atoms with Gasteiger partial charge in [-0.2, -0.15) is 0 Å². The summed E-state index contributed by atoms with van der Waals surface area (Å²) >= 11 is 18.4. The normalized spacial score (nSPS) is 11.5. The van der Waals surface area contributed by atoms with Crippen LogP contribution in [0.1, 0.15) is 17.3 Å². The number of nitrogens with zero attached hydrogens (tertiary/aromatic N) is 2. The van der Waals surface area contributed by atoms with Crippen LogP contribution in [0.4, 0.5) is 11.5 Å². The highest BCUT2D eigenvalue weighted by Crippen LogP contribution is 2.33. The lowest BCUT2D eigenvalue weighted by molar-refractivity contribution is 0.0962. The zero-order chi connectivity index (χ0) is 27.1. The van der Waals surface area contributed by atoms with Gasteiger partial charge in [0.25, 0.3) is 15.9 Å². The number of rotatable bonds is 6. The van der Waals surface area contributed by atoms with Gasteiger partial charge in [0.05, 0.1) is 31.8 Å². The summed E-state index contributed by atoms with van der Waals surface area (Å²) in [4.78, 5) is 29.6. The van der Waals surface area contributed by atoms with Gasteiger partial charge < -0.3 is 15.6 Å². The summed E-state index contributed by atoms with van der Waals surface area (Å²) in [5.41, 5.74) is 6.90. The lowest BCUT2D eigenvalue weighted by Gasteiger charge is -2.16. The fourth-order valence-corrected chi connectivity index (χ4v) is 5.93. The predicted octanol–water partition coefficient (Wildman–Crippen LogP) is 4.79. The molecule has 0 spiro atoms. The highest BCUT2D eigenvalue weighted by atomic mass is 35.5. The number of carbonyl (C=O) groups excluding carboxylic acids is 1. The Labute approximate surface area is 227 Å². The number of pyridine rings is 2. The molecule has 0 radical (unpaired) electrons. The van der Waals surface area contributed by atoms with E-state index in [1.54, 1.807) is 22.8 Å². The molecule has 2 aromatic heterocycles. The number of sulfonamides is 1. The quantitative estimate of drug-likeness (QED) is 0.300. The van der Waals surface area contributed by atoms with Crippen LogP contribution in [0, 0.1) is 0 Å². The summed E-state index contributed by atoms with van der Waals surface area (Å²) in [6, 6.07) is 12.1. The summed E-state index contributed by atoms with van der Waals surface area (Å²) < 4.78 is 29.7. The van der Waals surface area contributed by atoms with Crippen molar-refractivity contribution in [2.45, 2.75) is 18.4 Å². The fraction of sp³-hybridized carbons (Fsp3) is 0.125. The van der Waals surface area contributed by atoms with E-state index in [2.05, 4.69) is 15.0 Å². The minimum absolute atomic E-state index is 0.00598. The highest BCUT2D eigenvalue weighted by Gasteiger charge is 2.22. The van der Waals surface area contributed by atoms with E-state index in [0.717, 1.165) is 0 Å². The molecular formula is C24H20Cl3N5O4S. The van der Waals surface area contributed by atoms with Gasteiger partial charge >= 0.3 is 0 Å². The first kappa shape index (κ1) is 26.7. The molecule has 0 unspecified atom stereocenters. The third-order valence-corrected chi connectivity index (χ3v) is 8.29. The molecular weight excluding hydrogens is 561 g/mol. The molecule has 2 aromatic carbocycles. The van der Waals surface area contributed by atoms with Crippen molar-refractivity contribution in [3.05, 3.63) is 79.4 Å². The first-order chi connectivity index (χ1) is 17.5. The van der Waals surface area contributed by atoms with Crippen LogP contribution < -0.4 is 21.2 Å². The molecule has 0 saturated carbocycles. The van der Waals surface area contributed by atoms with Crippen LogP contribution in [0.2, 0.25) is 15.1 Å². The molecule has 1 amide bonds. The van der Waals surface area contributed by atoms with E-state index < -0.39 is 21.4 Å². The van der Waals surface area contributed by atoms with Gasteiger partial charge in [0.1, 0.15) is 21.9 Å². The maximum atomic E-state index is 13.0. The number of aryl methyl sites for hydroxylation is 1. The number of hydrogen-bond donors (Lipinski definition) is 3. The molecule has 192 valence electrons. The van der Waals surface area contributed by atoms with Crippen LogP contribution in [-0.4, -0.2) is 30.9 Å². The number of nitrogen functional groups attached to an aromatic ring is 1. The number of fused-ring (bicyclic) bond motifs is 1. The number of carbonyl (C=O) groups is 1. The van der Waals surface area contributed by atoms with Crippen molar-refractivity contribution in [1.82, 2.24) is 14.9 Å². The monoisotopic (exact) mass is 579 g/mol. The van der Waals surface area contributed by atoms with Crippen LogP contribution >= 0.6 is 34.8 Å². The zero-order valence-electron chi connectivity index (χ0n) is 19.5. The van der Waals surface area contributed by atoms with E-state index in [0.29, 0.717) is 23.4 Å². The Morgan fingerprint density at radius 3 is 2.46 bits per heavy atom. The van der Waals surface area contributed by atoms with Crippen LogP contribution in [0.5, 0.6) is 0 Å². The SMILES string of the molecule is CCn1c(N)c(C(=O)NC)c(=O)c2ccc(-c3ccc(NS(=O)(=O)c4cccc(Cl)c4Cl)c(Cl)c3)nc21. The van der Waals surface area contributed by atoms with Crippen LogP contribution in [0.25, 0.3) is 22.3 Å². The molecule has 13 heteroatoms. The number of aromatic nitrogens is 2. The van der Waals surface area contributed by atoms with Gasteiger partial charge in [0.15, 0.2) is 0 Å². The second-order valence-electron chi connectivity index (χ2n) is 7.83. The second-order valence-corrected chi connectivity index (χ2v) is 10.7. The molecule has 0 aliphatic rings. The fourth-order valence-electron chi connectivity index (χ4n) is 3.81. The largest absolute Gasteiger partial charge is 0.384 e. The summed E-state index contributed by atoms with van der Waals surface area (Å²) in [6.45, 7) is 2.17. The van der Waals surface area contributed by atoms with Crippen molar-refractivity contribution >= 4 is 73.3 Å². The smallest absolute Gasteiger partial charge is 0.263 e. The molecule has 0 aliphatic carbocycles. The molecule has 0 saturated heterocycles. The van der Waals surface area contributed by atoms with Crippen molar-refractivity contribution in [2.24, 2.45) is 0 Å². The molecule has 4 rings (SSSR count). The summed E-state index contributed by atoms with van der Waals surface area (Å²) in [5.74, 6) is -0.578. The Morgan fingerprint density at radius 2 is 1.81 bits per heavy atom. The summed E-state index contributed by atoms with van der Waals surface area (Å²) in [7, 11) is -2.66. The third kappa shape index (κ3) is 4.85. The number of hydrogen-bond acceptors (Lipinski definition) is 6. The molecule has 2 heterocycles. The molecule has 0 bridgehead atoms. The van der Waals surface area contributed by atoms with Gasteiger partial charge in [-0.15, -0.1) is 0 Å². The van der Waals surface area contributed by atoms with E-state index >= 15 is 0 Å². The van der Waals surface area contributed by atoms with Gasteiger partial charge in [-0.1, -0.05) is 46.9 Å². The number of anilines is 2. The Bertz CT molecular complexity index is 1740. The number of amides is 1. The Morgan fingerprint density at radius 1 is 1.08 bits per heavy atom. The number of halogens is 3. The lowest BCUT2D eigenvalue weighted by atomic mass is 10.1. The number of nitrogens with two attached hydrogens (primary N) is 1. The van der Waals surface area contributed by atoms with Crippen LogP contribution in [0.3, 0.4) is 0 Å². The molecule has 0 atom stereocenters. The minimum atomic E-state index is -4.08. The molecule has 37 heavy (non-hydrogen) atoms.